The molecule has 29 heavy (non-hydrogen) atoms. The molecule has 0 radical (unpaired) electrons. The molecule has 2 aromatic carbocycles. The second-order valence-corrected chi connectivity index (χ2v) is 7.73. The summed E-state index contributed by atoms with van der Waals surface area (Å²) in [7, 11) is 0. The fourth-order valence-corrected chi connectivity index (χ4v) is 4.15. The van der Waals surface area contributed by atoms with E-state index in [4.69, 9.17) is 0 Å². The summed E-state index contributed by atoms with van der Waals surface area (Å²) in [6, 6.07) is 17.6. The Balaban J connectivity index is 1.99. The Kier molecular flexibility index (Phi) is 6.32. The molecule has 2 aromatic rings. The molecule has 1 aliphatic rings. The van der Waals surface area contributed by atoms with E-state index in [1.807, 2.05) is 24.3 Å². The number of allylic oxidation sites excluding steroid dienone is 5. The van der Waals surface area contributed by atoms with Gasteiger partial charge in [-0.25, -0.2) is 0 Å². The Morgan fingerprint density at radius 1 is 1.10 bits per heavy atom. The lowest BCUT2D eigenvalue weighted by molar-refractivity contribution is -0.384. The van der Waals surface area contributed by atoms with E-state index in [9.17, 15) is 10.1 Å². The van der Waals surface area contributed by atoms with E-state index in [1.54, 1.807) is 18.2 Å². The van der Waals surface area contributed by atoms with Crippen LogP contribution < -0.4 is 0 Å². The second-order valence-electron chi connectivity index (χ2n) is 7.73. The standard InChI is InChI=1S/C25H28N2O2/c1-18(2)26-19(3)16-25(22-13-9-14-23(17-22)27(28)29)24(20(26)4)15-8-12-21-10-6-5-7-11-21/h5-14,16-18,25H,15H2,1-4H3. The van der Waals surface area contributed by atoms with Gasteiger partial charge in [0, 0.05) is 35.5 Å². The lowest BCUT2D eigenvalue weighted by Crippen LogP contribution is -2.32. The average Bonchev–Trinajstić information content (AvgIpc) is 2.70. The van der Waals surface area contributed by atoms with Crippen LogP contribution in [-0.4, -0.2) is 15.9 Å². The van der Waals surface area contributed by atoms with Crippen LogP contribution >= 0.6 is 0 Å². The van der Waals surface area contributed by atoms with Crippen molar-refractivity contribution in [3.05, 3.63) is 105 Å². The quantitative estimate of drug-likeness (QED) is 0.409. The summed E-state index contributed by atoms with van der Waals surface area (Å²) in [6.07, 6.45) is 7.35. The van der Waals surface area contributed by atoms with Crippen molar-refractivity contribution in [2.45, 2.75) is 46.1 Å². The molecule has 1 aliphatic heterocycles. The summed E-state index contributed by atoms with van der Waals surface area (Å²) in [5.74, 6) is 0.0327. The molecule has 0 saturated carbocycles. The fraction of sp³-hybridized carbons (Fsp3) is 0.280. The summed E-state index contributed by atoms with van der Waals surface area (Å²) in [6.45, 7) is 8.65. The van der Waals surface area contributed by atoms with Crippen LogP contribution in [0.5, 0.6) is 0 Å². The van der Waals surface area contributed by atoms with Crippen molar-refractivity contribution in [3.63, 3.8) is 0 Å². The van der Waals surface area contributed by atoms with Gasteiger partial charge in [-0.2, -0.15) is 0 Å². The highest BCUT2D eigenvalue weighted by Gasteiger charge is 2.27. The molecule has 1 heterocycles. The van der Waals surface area contributed by atoms with Gasteiger partial charge in [-0.05, 0) is 50.8 Å². The van der Waals surface area contributed by atoms with Crippen molar-refractivity contribution in [2.75, 3.05) is 0 Å². The third kappa shape index (κ3) is 4.65. The first-order chi connectivity index (χ1) is 13.9. The number of rotatable bonds is 6. The summed E-state index contributed by atoms with van der Waals surface area (Å²) in [5.41, 5.74) is 5.96. The third-order valence-electron chi connectivity index (χ3n) is 5.39. The van der Waals surface area contributed by atoms with Crippen molar-refractivity contribution in [3.8, 4) is 0 Å². The van der Waals surface area contributed by atoms with Crippen molar-refractivity contribution >= 4 is 11.8 Å². The maximum Gasteiger partial charge on any atom is 0.269 e. The molecule has 0 N–H and O–H groups in total. The molecule has 0 aliphatic carbocycles. The van der Waals surface area contributed by atoms with Gasteiger partial charge >= 0.3 is 0 Å². The fourth-order valence-electron chi connectivity index (χ4n) is 4.15. The van der Waals surface area contributed by atoms with E-state index in [0.29, 0.717) is 6.04 Å². The van der Waals surface area contributed by atoms with E-state index >= 15 is 0 Å². The maximum atomic E-state index is 11.3. The van der Waals surface area contributed by atoms with Crippen LogP contribution in [0.25, 0.3) is 6.08 Å². The summed E-state index contributed by atoms with van der Waals surface area (Å²) < 4.78 is 0. The van der Waals surface area contributed by atoms with Gasteiger partial charge in [-0.1, -0.05) is 60.7 Å². The molecule has 0 aromatic heterocycles. The summed E-state index contributed by atoms with van der Waals surface area (Å²) in [4.78, 5) is 13.3. The van der Waals surface area contributed by atoms with E-state index in [-0.39, 0.29) is 16.5 Å². The highest BCUT2D eigenvalue weighted by molar-refractivity contribution is 5.51. The second kappa shape index (κ2) is 8.91. The van der Waals surface area contributed by atoms with E-state index in [1.165, 1.54) is 22.5 Å². The summed E-state index contributed by atoms with van der Waals surface area (Å²) in [5, 5.41) is 11.3. The molecule has 1 atom stereocenters. The lowest BCUT2D eigenvalue weighted by Gasteiger charge is -2.38. The average molecular weight is 389 g/mol. The van der Waals surface area contributed by atoms with Crippen LogP contribution in [0.4, 0.5) is 5.69 Å². The Labute approximate surface area is 173 Å². The normalized spacial score (nSPS) is 17.2. The molecule has 0 saturated heterocycles. The molecule has 0 amide bonds. The van der Waals surface area contributed by atoms with E-state index in [2.05, 4.69) is 63.0 Å². The Hall–Kier alpha value is -3.14. The first-order valence-corrected chi connectivity index (χ1v) is 10.0. The zero-order valence-corrected chi connectivity index (χ0v) is 17.5. The molecular weight excluding hydrogens is 360 g/mol. The zero-order chi connectivity index (χ0) is 21.0. The number of nitro groups is 1. The Bertz CT molecular complexity index is 971. The van der Waals surface area contributed by atoms with Gasteiger partial charge in [0.05, 0.1) is 4.92 Å². The molecule has 3 rings (SSSR count). The number of hydrogen-bond acceptors (Lipinski definition) is 3. The predicted molar refractivity (Wildman–Crippen MR) is 119 cm³/mol. The lowest BCUT2D eigenvalue weighted by atomic mass is 9.84. The van der Waals surface area contributed by atoms with Crippen molar-refractivity contribution in [1.82, 2.24) is 4.90 Å². The molecule has 0 fully saturated rings. The molecule has 4 heteroatoms. The topological polar surface area (TPSA) is 46.4 Å². The third-order valence-corrected chi connectivity index (χ3v) is 5.39. The van der Waals surface area contributed by atoms with E-state index in [0.717, 1.165) is 12.0 Å². The number of benzene rings is 2. The Morgan fingerprint density at radius 3 is 2.48 bits per heavy atom. The Morgan fingerprint density at radius 2 is 1.83 bits per heavy atom. The largest absolute Gasteiger partial charge is 0.347 e. The maximum absolute atomic E-state index is 11.3. The van der Waals surface area contributed by atoms with E-state index < -0.39 is 0 Å². The SMILES string of the molecule is CC1=CC(c2cccc([N+](=O)[O-])c2)C(CC=Cc2ccccc2)=C(C)N1C(C)C. The minimum atomic E-state index is -0.325. The molecule has 150 valence electrons. The smallest absolute Gasteiger partial charge is 0.269 e. The minimum absolute atomic E-state index is 0.0327. The van der Waals surface area contributed by atoms with Crippen LogP contribution in [0.1, 0.15) is 51.2 Å². The van der Waals surface area contributed by atoms with Gasteiger partial charge < -0.3 is 4.90 Å². The zero-order valence-electron chi connectivity index (χ0n) is 17.5. The minimum Gasteiger partial charge on any atom is -0.347 e. The van der Waals surface area contributed by atoms with Crippen molar-refractivity contribution in [2.24, 2.45) is 0 Å². The van der Waals surface area contributed by atoms with Gasteiger partial charge in [-0.15, -0.1) is 0 Å². The van der Waals surface area contributed by atoms with Gasteiger partial charge in [0.25, 0.3) is 5.69 Å². The number of nitrogens with zero attached hydrogens (tertiary/aromatic N) is 2. The summed E-state index contributed by atoms with van der Waals surface area (Å²) >= 11 is 0. The molecule has 4 nitrogen and oxygen atoms in total. The number of non-ortho nitro benzene ring substituents is 1. The number of nitro benzene ring substituents is 1. The van der Waals surface area contributed by atoms with Crippen LogP contribution in [0.15, 0.2) is 83.7 Å². The first-order valence-electron chi connectivity index (χ1n) is 10.0. The first kappa shape index (κ1) is 20.6. The van der Waals surface area contributed by atoms with Crippen molar-refractivity contribution in [1.29, 1.82) is 0 Å². The predicted octanol–water partition coefficient (Wildman–Crippen LogP) is 6.68. The van der Waals surface area contributed by atoms with Gasteiger partial charge in [0.15, 0.2) is 0 Å². The van der Waals surface area contributed by atoms with Crippen LogP contribution in [0.2, 0.25) is 0 Å². The highest BCUT2D eigenvalue weighted by Crippen LogP contribution is 2.40. The monoisotopic (exact) mass is 388 g/mol. The van der Waals surface area contributed by atoms with Crippen LogP contribution in [0, 0.1) is 10.1 Å². The number of hydrogen-bond donors (Lipinski definition) is 0. The highest BCUT2D eigenvalue weighted by atomic mass is 16.6. The molecule has 0 bridgehead atoms. The molecule has 0 spiro atoms. The van der Waals surface area contributed by atoms with Crippen molar-refractivity contribution < 1.29 is 4.92 Å². The van der Waals surface area contributed by atoms with Gasteiger partial charge in [-0.3, -0.25) is 10.1 Å². The molecular formula is C25H28N2O2. The van der Waals surface area contributed by atoms with Crippen LogP contribution in [0.3, 0.4) is 0 Å². The molecule has 1 unspecified atom stereocenters. The van der Waals surface area contributed by atoms with Gasteiger partial charge in [0.2, 0.25) is 0 Å². The van der Waals surface area contributed by atoms with Crippen LogP contribution in [-0.2, 0) is 0 Å². The van der Waals surface area contributed by atoms with Gasteiger partial charge in [0.1, 0.15) is 0 Å².